The molecule has 0 bridgehead atoms. The molecular weight excluding hydrogens is 204 g/mol. The summed E-state index contributed by atoms with van der Waals surface area (Å²) in [5.41, 5.74) is 1.71. The van der Waals surface area contributed by atoms with Crippen molar-refractivity contribution in [2.24, 2.45) is 7.05 Å². The van der Waals surface area contributed by atoms with Gasteiger partial charge in [0.2, 0.25) is 0 Å². The van der Waals surface area contributed by atoms with E-state index in [1.165, 1.54) is 25.7 Å². The fraction of sp³-hybridized carbons (Fsp3) is 0.667. The first-order chi connectivity index (χ1) is 7.59. The monoisotopic (exact) mass is 222 g/mol. The van der Waals surface area contributed by atoms with Crippen LogP contribution in [0.4, 0.5) is 0 Å². The zero-order valence-electron chi connectivity index (χ0n) is 9.86. The third-order valence-electron chi connectivity index (χ3n) is 3.49. The summed E-state index contributed by atoms with van der Waals surface area (Å²) in [5, 5.41) is 8.85. The minimum absolute atomic E-state index is 0.0715. The van der Waals surface area contributed by atoms with Crippen molar-refractivity contribution >= 4 is 5.97 Å². The number of aryl methyl sites for hydroxylation is 1. The van der Waals surface area contributed by atoms with Gasteiger partial charge in [-0.15, -0.1) is 0 Å². The zero-order chi connectivity index (χ0) is 11.7. The quantitative estimate of drug-likeness (QED) is 0.851. The maximum atomic E-state index is 10.8. The molecule has 0 aromatic carbocycles. The molecular formula is C12H18N2O2. The molecule has 0 unspecified atom stereocenters. The summed E-state index contributed by atoms with van der Waals surface area (Å²) in [6.07, 6.45) is 4.99. The van der Waals surface area contributed by atoms with Crippen molar-refractivity contribution < 1.29 is 9.90 Å². The highest BCUT2D eigenvalue weighted by Crippen LogP contribution is 2.34. The average molecular weight is 222 g/mol. The second-order valence-electron chi connectivity index (χ2n) is 4.61. The Morgan fingerprint density at radius 3 is 2.69 bits per heavy atom. The highest BCUT2D eigenvalue weighted by atomic mass is 16.4. The predicted molar refractivity (Wildman–Crippen MR) is 60.5 cm³/mol. The Labute approximate surface area is 95.3 Å². The van der Waals surface area contributed by atoms with E-state index in [4.69, 9.17) is 5.11 Å². The molecule has 0 radical (unpaired) electrons. The topological polar surface area (TPSA) is 55.1 Å². The Kier molecular flexibility index (Phi) is 2.99. The highest BCUT2D eigenvalue weighted by Gasteiger charge is 2.24. The third-order valence-corrected chi connectivity index (χ3v) is 3.49. The molecule has 0 amide bonds. The second kappa shape index (κ2) is 4.28. The fourth-order valence-electron chi connectivity index (χ4n) is 2.63. The summed E-state index contributed by atoms with van der Waals surface area (Å²) in [4.78, 5) is 15.3. The van der Waals surface area contributed by atoms with Crippen LogP contribution in [0.1, 0.15) is 48.8 Å². The predicted octanol–water partition coefficient (Wildman–Crippen LogP) is 2.01. The van der Waals surface area contributed by atoms with Crippen LogP contribution in [0.15, 0.2) is 0 Å². The van der Waals surface area contributed by atoms with Gasteiger partial charge in [-0.3, -0.25) is 4.79 Å². The maximum absolute atomic E-state index is 10.8. The van der Waals surface area contributed by atoms with Gasteiger partial charge < -0.3 is 9.67 Å². The molecule has 0 spiro atoms. The molecule has 1 saturated carbocycles. The zero-order valence-corrected chi connectivity index (χ0v) is 9.86. The van der Waals surface area contributed by atoms with E-state index in [2.05, 4.69) is 4.98 Å². The van der Waals surface area contributed by atoms with Crippen LogP contribution >= 0.6 is 0 Å². The Morgan fingerprint density at radius 2 is 2.12 bits per heavy atom. The van der Waals surface area contributed by atoms with Gasteiger partial charge >= 0.3 is 5.97 Å². The van der Waals surface area contributed by atoms with E-state index in [1.807, 2.05) is 18.5 Å². The van der Waals surface area contributed by atoms with E-state index >= 15 is 0 Å². The van der Waals surface area contributed by atoms with Crippen molar-refractivity contribution in [1.82, 2.24) is 9.55 Å². The molecule has 0 aliphatic heterocycles. The lowest BCUT2D eigenvalue weighted by atomic mass is 10.1. The number of carboxylic acids is 1. The number of carbonyl (C=O) groups is 1. The Bertz CT molecular complexity index is 403. The van der Waals surface area contributed by atoms with Crippen LogP contribution in [0.25, 0.3) is 0 Å². The summed E-state index contributed by atoms with van der Waals surface area (Å²) in [6.45, 7) is 1.90. The van der Waals surface area contributed by atoms with Gasteiger partial charge in [-0.2, -0.15) is 0 Å². The number of rotatable bonds is 3. The first-order valence-corrected chi connectivity index (χ1v) is 5.83. The van der Waals surface area contributed by atoms with E-state index < -0.39 is 5.97 Å². The molecule has 4 nitrogen and oxygen atoms in total. The Balaban J connectivity index is 2.30. The normalized spacial score (nSPS) is 16.9. The largest absolute Gasteiger partial charge is 0.481 e. The van der Waals surface area contributed by atoms with E-state index in [1.54, 1.807) is 0 Å². The molecule has 2 rings (SSSR count). The molecule has 0 saturated heterocycles. The summed E-state index contributed by atoms with van der Waals surface area (Å²) in [5.74, 6) is 0.821. The van der Waals surface area contributed by atoms with Gasteiger partial charge in [-0.1, -0.05) is 12.8 Å². The summed E-state index contributed by atoms with van der Waals surface area (Å²) in [6, 6.07) is 0. The van der Waals surface area contributed by atoms with Crippen LogP contribution in [0, 0.1) is 6.92 Å². The Hall–Kier alpha value is -1.32. The molecule has 16 heavy (non-hydrogen) atoms. The third kappa shape index (κ3) is 1.96. The lowest BCUT2D eigenvalue weighted by Gasteiger charge is -2.10. The minimum Gasteiger partial charge on any atom is -0.481 e. The molecule has 1 aromatic rings. The molecule has 1 heterocycles. The number of nitrogens with zero attached hydrogens (tertiary/aromatic N) is 2. The standard InChI is InChI=1S/C12H18N2O2/c1-8-10(7-11(15)16)14(2)12(13-8)9-5-3-4-6-9/h9H,3-7H2,1-2H3,(H,15,16). The van der Waals surface area contributed by atoms with Gasteiger partial charge in [-0.05, 0) is 19.8 Å². The number of aromatic nitrogens is 2. The summed E-state index contributed by atoms with van der Waals surface area (Å²) in [7, 11) is 1.94. The molecule has 4 heteroatoms. The van der Waals surface area contributed by atoms with E-state index in [0.29, 0.717) is 5.92 Å². The molecule has 1 fully saturated rings. The van der Waals surface area contributed by atoms with E-state index in [0.717, 1.165) is 17.2 Å². The Morgan fingerprint density at radius 1 is 1.50 bits per heavy atom. The van der Waals surface area contributed by atoms with Gasteiger partial charge in [0, 0.05) is 13.0 Å². The smallest absolute Gasteiger partial charge is 0.309 e. The second-order valence-corrected chi connectivity index (χ2v) is 4.61. The molecule has 1 aromatic heterocycles. The number of hydrogen-bond donors (Lipinski definition) is 1. The molecule has 1 aliphatic carbocycles. The van der Waals surface area contributed by atoms with Crippen molar-refractivity contribution in [2.45, 2.75) is 44.9 Å². The van der Waals surface area contributed by atoms with Gasteiger partial charge in [0.25, 0.3) is 0 Å². The summed E-state index contributed by atoms with van der Waals surface area (Å²) >= 11 is 0. The molecule has 88 valence electrons. The van der Waals surface area contributed by atoms with Gasteiger partial charge in [0.1, 0.15) is 5.82 Å². The van der Waals surface area contributed by atoms with Crippen LogP contribution in [-0.2, 0) is 18.3 Å². The van der Waals surface area contributed by atoms with Crippen LogP contribution in [0.2, 0.25) is 0 Å². The van der Waals surface area contributed by atoms with Crippen molar-refractivity contribution in [3.8, 4) is 0 Å². The fourth-order valence-corrected chi connectivity index (χ4v) is 2.63. The van der Waals surface area contributed by atoms with Crippen molar-refractivity contribution in [3.63, 3.8) is 0 Å². The van der Waals surface area contributed by atoms with Crippen LogP contribution in [-0.4, -0.2) is 20.6 Å². The van der Waals surface area contributed by atoms with Gasteiger partial charge in [0.15, 0.2) is 0 Å². The van der Waals surface area contributed by atoms with Crippen LogP contribution in [0.3, 0.4) is 0 Å². The molecule has 0 atom stereocenters. The number of carboxylic acid groups (broad SMARTS) is 1. The SMILES string of the molecule is Cc1nc(C2CCCC2)n(C)c1CC(=O)O. The van der Waals surface area contributed by atoms with Crippen molar-refractivity contribution in [3.05, 3.63) is 17.2 Å². The number of hydrogen-bond acceptors (Lipinski definition) is 2. The highest BCUT2D eigenvalue weighted by molar-refractivity contribution is 5.70. The van der Waals surface area contributed by atoms with E-state index in [9.17, 15) is 4.79 Å². The minimum atomic E-state index is -0.788. The summed E-state index contributed by atoms with van der Waals surface area (Å²) < 4.78 is 1.99. The first kappa shape index (κ1) is 11.2. The van der Waals surface area contributed by atoms with E-state index in [-0.39, 0.29) is 6.42 Å². The average Bonchev–Trinajstić information content (AvgIpc) is 2.80. The van der Waals surface area contributed by atoms with Crippen molar-refractivity contribution in [1.29, 1.82) is 0 Å². The van der Waals surface area contributed by atoms with Gasteiger partial charge in [0.05, 0.1) is 17.8 Å². The van der Waals surface area contributed by atoms with Crippen LogP contribution < -0.4 is 0 Å². The molecule has 1 N–H and O–H groups in total. The number of imidazole rings is 1. The van der Waals surface area contributed by atoms with Gasteiger partial charge in [-0.25, -0.2) is 4.98 Å². The van der Waals surface area contributed by atoms with Crippen molar-refractivity contribution in [2.75, 3.05) is 0 Å². The number of aliphatic carboxylic acids is 1. The lowest BCUT2D eigenvalue weighted by Crippen LogP contribution is -2.09. The van der Waals surface area contributed by atoms with Crippen LogP contribution in [0.5, 0.6) is 0 Å². The molecule has 1 aliphatic rings. The first-order valence-electron chi connectivity index (χ1n) is 5.83. The lowest BCUT2D eigenvalue weighted by molar-refractivity contribution is -0.136. The maximum Gasteiger partial charge on any atom is 0.309 e.